The molecule has 1 aromatic heterocycles. The number of carbonyl (C=O) groups excluding carboxylic acids is 2. The number of rotatable bonds is 26. The molecule has 0 unspecified atom stereocenters. The predicted octanol–water partition coefficient (Wildman–Crippen LogP) is 2.53. The SMILES string of the molecule is CCCCCCN(CCCC[C@H](O)CO)CCCN[C@@H](CCc1ccc(CCCCN=C(N)NC(=O)c2nc(Cl)c(N)nc2N)cc1)C(N)=O. The van der Waals surface area contributed by atoms with Crippen molar-refractivity contribution >= 4 is 41.0 Å². The Labute approximate surface area is 301 Å². The van der Waals surface area contributed by atoms with E-state index in [1.807, 2.05) is 0 Å². The van der Waals surface area contributed by atoms with E-state index in [-0.39, 0.29) is 47.0 Å². The number of amides is 2. The van der Waals surface area contributed by atoms with Gasteiger partial charge in [-0.05, 0) is 102 Å². The Morgan fingerprint density at radius 3 is 2.20 bits per heavy atom. The van der Waals surface area contributed by atoms with Gasteiger partial charge in [-0.25, -0.2) is 9.97 Å². The molecule has 0 saturated heterocycles. The van der Waals surface area contributed by atoms with Crippen LogP contribution >= 0.6 is 11.6 Å². The van der Waals surface area contributed by atoms with Crippen LogP contribution in [0.2, 0.25) is 5.15 Å². The van der Waals surface area contributed by atoms with Gasteiger partial charge in [-0.1, -0.05) is 62.1 Å². The van der Waals surface area contributed by atoms with Crippen molar-refractivity contribution in [2.45, 2.75) is 103 Å². The number of hydrogen-bond acceptors (Lipinski definition) is 11. The molecule has 0 aliphatic heterocycles. The lowest BCUT2D eigenvalue weighted by Crippen LogP contribution is -2.42. The van der Waals surface area contributed by atoms with E-state index in [0.29, 0.717) is 25.9 Å². The minimum atomic E-state index is -0.674. The van der Waals surface area contributed by atoms with Gasteiger partial charge in [0.1, 0.15) is 0 Å². The molecule has 280 valence electrons. The summed E-state index contributed by atoms with van der Waals surface area (Å²) in [5.74, 6) is -1.29. The summed E-state index contributed by atoms with van der Waals surface area (Å²) in [5.41, 5.74) is 25.0. The highest BCUT2D eigenvalue weighted by atomic mass is 35.5. The average Bonchev–Trinajstić information content (AvgIpc) is 3.09. The van der Waals surface area contributed by atoms with Crippen molar-refractivity contribution in [1.29, 1.82) is 0 Å². The van der Waals surface area contributed by atoms with Crippen LogP contribution in [0.15, 0.2) is 29.3 Å². The molecule has 1 heterocycles. The second-order valence-corrected chi connectivity index (χ2v) is 13.0. The first-order valence-corrected chi connectivity index (χ1v) is 18.2. The Hall–Kier alpha value is -3.56. The fourth-order valence-electron chi connectivity index (χ4n) is 5.48. The van der Waals surface area contributed by atoms with Crippen molar-refractivity contribution in [3.63, 3.8) is 0 Å². The van der Waals surface area contributed by atoms with Crippen molar-refractivity contribution in [2.75, 3.05) is 50.8 Å². The maximum atomic E-state index is 12.4. The van der Waals surface area contributed by atoms with Crippen LogP contribution in [0.1, 0.15) is 99.2 Å². The fraction of sp³-hybridized carbons (Fsp3) is 0.629. The number of carbonyl (C=O) groups is 2. The van der Waals surface area contributed by atoms with Gasteiger partial charge in [-0.3, -0.25) is 19.9 Å². The van der Waals surface area contributed by atoms with E-state index in [2.05, 4.69) is 61.7 Å². The van der Waals surface area contributed by atoms with E-state index in [1.54, 1.807) is 0 Å². The van der Waals surface area contributed by atoms with Crippen molar-refractivity contribution < 1.29 is 19.8 Å². The normalized spacial score (nSPS) is 13.0. The number of nitrogens with one attached hydrogen (secondary N) is 2. The number of aliphatic hydroxyl groups excluding tert-OH is 2. The third-order valence-corrected chi connectivity index (χ3v) is 8.73. The third kappa shape index (κ3) is 17.4. The molecule has 0 saturated carbocycles. The second kappa shape index (κ2) is 24.6. The minimum absolute atomic E-state index is 0.0551. The Bertz CT molecular complexity index is 1320. The van der Waals surface area contributed by atoms with E-state index < -0.39 is 12.0 Å². The summed E-state index contributed by atoms with van der Waals surface area (Å²) in [7, 11) is 0. The monoisotopic (exact) mass is 718 g/mol. The Morgan fingerprint density at radius 2 is 1.54 bits per heavy atom. The molecule has 14 nitrogen and oxygen atoms in total. The summed E-state index contributed by atoms with van der Waals surface area (Å²) >= 11 is 5.83. The van der Waals surface area contributed by atoms with E-state index in [4.69, 9.17) is 39.6 Å². The number of guanidine groups is 1. The number of nitrogen functional groups attached to an aromatic ring is 2. The van der Waals surface area contributed by atoms with Crippen molar-refractivity contribution in [3.05, 3.63) is 46.2 Å². The molecule has 0 aliphatic carbocycles. The zero-order valence-electron chi connectivity index (χ0n) is 29.6. The summed E-state index contributed by atoms with van der Waals surface area (Å²) in [6, 6.07) is 7.99. The van der Waals surface area contributed by atoms with Crippen LogP contribution in [-0.2, 0) is 17.6 Å². The maximum Gasteiger partial charge on any atom is 0.280 e. The fourth-order valence-corrected chi connectivity index (χ4v) is 5.60. The number of unbranched alkanes of at least 4 members (excludes halogenated alkanes) is 5. The number of aromatic nitrogens is 2. The molecule has 0 radical (unpaired) electrons. The van der Waals surface area contributed by atoms with E-state index >= 15 is 0 Å². The number of anilines is 2. The van der Waals surface area contributed by atoms with Crippen LogP contribution in [0, 0.1) is 0 Å². The second-order valence-electron chi connectivity index (χ2n) is 12.7. The van der Waals surface area contributed by atoms with Gasteiger partial charge >= 0.3 is 0 Å². The summed E-state index contributed by atoms with van der Waals surface area (Å²) in [6.45, 7) is 6.13. The highest BCUT2D eigenvalue weighted by Gasteiger charge is 2.17. The van der Waals surface area contributed by atoms with Crippen LogP contribution in [0.3, 0.4) is 0 Å². The predicted molar refractivity (Wildman–Crippen MR) is 201 cm³/mol. The van der Waals surface area contributed by atoms with Gasteiger partial charge in [0.25, 0.3) is 5.91 Å². The highest BCUT2D eigenvalue weighted by molar-refractivity contribution is 6.31. The van der Waals surface area contributed by atoms with Gasteiger partial charge in [-0.2, -0.15) is 0 Å². The molecule has 2 amide bonds. The molecular weight excluding hydrogens is 660 g/mol. The first kappa shape index (κ1) is 42.6. The summed E-state index contributed by atoms with van der Waals surface area (Å²) in [4.78, 5) is 38.8. The highest BCUT2D eigenvalue weighted by Crippen LogP contribution is 2.17. The number of aryl methyl sites for hydroxylation is 2. The molecule has 1 aromatic carbocycles. The number of aliphatic imine (C=N–C) groups is 1. The van der Waals surface area contributed by atoms with Crippen molar-refractivity contribution in [3.8, 4) is 0 Å². The first-order chi connectivity index (χ1) is 24.0. The molecule has 0 fully saturated rings. The number of primary amides is 1. The molecule has 50 heavy (non-hydrogen) atoms. The van der Waals surface area contributed by atoms with Crippen molar-refractivity contribution in [1.82, 2.24) is 25.5 Å². The summed E-state index contributed by atoms with van der Waals surface area (Å²) in [5, 5.41) is 24.3. The minimum Gasteiger partial charge on any atom is -0.394 e. The van der Waals surface area contributed by atoms with Gasteiger partial charge in [0.05, 0.1) is 18.8 Å². The van der Waals surface area contributed by atoms with Gasteiger partial charge in [-0.15, -0.1) is 0 Å². The molecule has 0 spiro atoms. The largest absolute Gasteiger partial charge is 0.394 e. The Kier molecular flexibility index (Phi) is 20.9. The third-order valence-electron chi connectivity index (χ3n) is 8.45. The average molecular weight is 719 g/mol. The quantitative estimate of drug-likeness (QED) is 0.0399. The molecule has 2 atom stereocenters. The number of aliphatic hydroxyl groups is 2. The maximum absolute atomic E-state index is 12.4. The Morgan fingerprint density at radius 1 is 0.880 bits per heavy atom. The topological polar surface area (TPSA) is 244 Å². The first-order valence-electron chi connectivity index (χ1n) is 17.9. The van der Waals surface area contributed by atoms with Crippen LogP contribution in [-0.4, -0.2) is 94.3 Å². The molecule has 0 aliphatic rings. The molecular formula is C35H59ClN10O4. The molecule has 12 N–H and O–H groups in total. The standard InChI is InChI=1S/C35H59ClN10O4/c1-2-3-4-8-21-46(22-9-6-12-27(48)24-47)23-10-20-41-28(33(39)49)18-17-26-15-13-25(14-16-26)11-5-7-19-42-35(40)45-34(50)29-31(37)44-32(38)30(36)43-29/h13-16,27-28,41,47-48H,2-12,17-24H2,1H3,(H2,39,49)(H4,37,38,44)(H3,40,42,45,50)/t27-,28-/m0/s1. The Balaban J connectivity index is 1.70. The zero-order chi connectivity index (χ0) is 36.7. The molecule has 2 aromatic rings. The van der Waals surface area contributed by atoms with Gasteiger partial charge in [0.15, 0.2) is 28.4 Å². The van der Waals surface area contributed by atoms with Crippen LogP contribution < -0.4 is 33.6 Å². The number of nitrogens with zero attached hydrogens (tertiary/aromatic N) is 4. The molecule has 15 heteroatoms. The van der Waals surface area contributed by atoms with Gasteiger partial charge < -0.3 is 43.4 Å². The zero-order valence-corrected chi connectivity index (χ0v) is 30.3. The van der Waals surface area contributed by atoms with Gasteiger partial charge in [0, 0.05) is 6.54 Å². The van der Waals surface area contributed by atoms with E-state index in [1.165, 1.54) is 31.2 Å². The van der Waals surface area contributed by atoms with Crippen LogP contribution in [0.25, 0.3) is 0 Å². The summed E-state index contributed by atoms with van der Waals surface area (Å²) in [6.07, 6.45) is 11.5. The molecule has 0 bridgehead atoms. The molecule has 2 rings (SSSR count). The number of nitrogens with two attached hydrogens (primary N) is 4. The van der Waals surface area contributed by atoms with Gasteiger partial charge in [0.2, 0.25) is 5.91 Å². The van der Waals surface area contributed by atoms with E-state index in [0.717, 1.165) is 70.1 Å². The lowest BCUT2D eigenvalue weighted by molar-refractivity contribution is -0.120. The lowest BCUT2D eigenvalue weighted by Gasteiger charge is -2.23. The van der Waals surface area contributed by atoms with Crippen LogP contribution in [0.5, 0.6) is 0 Å². The number of benzene rings is 1. The van der Waals surface area contributed by atoms with E-state index in [9.17, 15) is 14.7 Å². The summed E-state index contributed by atoms with van der Waals surface area (Å²) < 4.78 is 0. The number of halogens is 1. The lowest BCUT2D eigenvalue weighted by atomic mass is 10.0. The smallest absolute Gasteiger partial charge is 0.280 e. The van der Waals surface area contributed by atoms with Crippen LogP contribution in [0.4, 0.5) is 11.6 Å². The number of hydrogen-bond donors (Lipinski definition) is 8. The van der Waals surface area contributed by atoms with Crippen molar-refractivity contribution in [2.24, 2.45) is 16.5 Å².